The van der Waals surface area contributed by atoms with Crippen LogP contribution in [0.25, 0.3) is 0 Å². The lowest BCUT2D eigenvalue weighted by Gasteiger charge is -2.28. The normalized spacial score (nSPS) is 20.4. The zero-order valence-electron chi connectivity index (χ0n) is 15.4. The van der Waals surface area contributed by atoms with Crippen LogP contribution in [0.3, 0.4) is 0 Å². The first-order valence-corrected chi connectivity index (χ1v) is 8.66. The van der Waals surface area contributed by atoms with E-state index in [1.165, 1.54) is 6.92 Å². The first-order valence-electron chi connectivity index (χ1n) is 8.66. The van der Waals surface area contributed by atoms with Crippen molar-refractivity contribution < 1.29 is 9.59 Å². The predicted molar refractivity (Wildman–Crippen MR) is 96.9 cm³/mol. The van der Waals surface area contributed by atoms with Gasteiger partial charge in [0.1, 0.15) is 11.4 Å². The van der Waals surface area contributed by atoms with Crippen molar-refractivity contribution in [2.45, 2.75) is 52.1 Å². The number of nitrogens with one attached hydrogen (secondary N) is 2. The molecular formula is C17H28N6O2. The minimum absolute atomic E-state index is 0.00308. The Kier molecular flexibility index (Phi) is 5.81. The van der Waals surface area contributed by atoms with Gasteiger partial charge in [-0.1, -0.05) is 13.3 Å². The molecule has 2 amide bonds. The molecule has 4 N–H and O–H groups in total. The number of hydrogen-bond acceptors (Lipinski definition) is 6. The van der Waals surface area contributed by atoms with E-state index in [0.29, 0.717) is 12.5 Å². The zero-order chi connectivity index (χ0) is 18.6. The van der Waals surface area contributed by atoms with Crippen LogP contribution in [0.4, 0.5) is 11.8 Å². The standard InChI is InChI=1S/C17H28N6O2/c1-5-6-12-9-23(14-7-8-19-16(18)21-14)10-13(12)20-15(25)17(3,4)22-11(2)24/h7-8,12-13H,5-6,9-10H2,1-4H3,(H,20,25)(H,22,24)(H2,18,19,21)/t12-,13-/m1/s1. The predicted octanol–water partition coefficient (Wildman–Crippen LogP) is 0.695. The third-order valence-corrected chi connectivity index (χ3v) is 4.46. The van der Waals surface area contributed by atoms with E-state index >= 15 is 0 Å². The number of hydrogen-bond donors (Lipinski definition) is 3. The van der Waals surface area contributed by atoms with Crippen LogP contribution in [0.2, 0.25) is 0 Å². The van der Waals surface area contributed by atoms with Gasteiger partial charge >= 0.3 is 0 Å². The van der Waals surface area contributed by atoms with Gasteiger partial charge < -0.3 is 21.3 Å². The molecule has 0 radical (unpaired) electrons. The SMILES string of the molecule is CCC[C@@H]1CN(c2ccnc(N)n2)C[C@H]1NC(=O)C(C)(C)NC(C)=O. The molecule has 0 spiro atoms. The fourth-order valence-electron chi connectivity index (χ4n) is 3.27. The van der Waals surface area contributed by atoms with Crippen LogP contribution in [-0.2, 0) is 9.59 Å². The largest absolute Gasteiger partial charge is 0.368 e. The minimum Gasteiger partial charge on any atom is -0.368 e. The molecule has 0 aromatic carbocycles. The molecule has 0 aliphatic carbocycles. The number of anilines is 2. The van der Waals surface area contributed by atoms with E-state index in [0.717, 1.165) is 25.2 Å². The lowest BCUT2D eigenvalue weighted by atomic mass is 9.96. The number of nitrogen functional groups attached to an aromatic ring is 1. The quantitative estimate of drug-likeness (QED) is 0.697. The molecule has 1 aliphatic heterocycles. The van der Waals surface area contributed by atoms with Gasteiger partial charge in [0.2, 0.25) is 17.8 Å². The second-order valence-electron chi connectivity index (χ2n) is 7.11. The van der Waals surface area contributed by atoms with Crippen molar-refractivity contribution in [3.8, 4) is 0 Å². The van der Waals surface area contributed by atoms with Gasteiger partial charge in [-0.05, 0) is 32.3 Å². The average molecular weight is 348 g/mol. The monoisotopic (exact) mass is 348 g/mol. The molecule has 1 aliphatic rings. The maximum atomic E-state index is 12.6. The molecule has 1 aromatic heterocycles. The van der Waals surface area contributed by atoms with Gasteiger partial charge in [-0.25, -0.2) is 4.98 Å². The summed E-state index contributed by atoms with van der Waals surface area (Å²) in [5.41, 5.74) is 4.73. The number of carbonyl (C=O) groups excluding carboxylic acids is 2. The third kappa shape index (κ3) is 4.80. The van der Waals surface area contributed by atoms with Crippen molar-refractivity contribution >= 4 is 23.6 Å². The lowest BCUT2D eigenvalue weighted by Crippen LogP contribution is -2.57. The van der Waals surface area contributed by atoms with Crippen LogP contribution in [-0.4, -0.2) is 46.5 Å². The van der Waals surface area contributed by atoms with Gasteiger partial charge in [0, 0.05) is 26.2 Å². The molecule has 2 rings (SSSR count). The van der Waals surface area contributed by atoms with Gasteiger partial charge in [0.15, 0.2) is 0 Å². The molecule has 25 heavy (non-hydrogen) atoms. The van der Waals surface area contributed by atoms with E-state index < -0.39 is 5.54 Å². The summed E-state index contributed by atoms with van der Waals surface area (Å²) in [6.45, 7) is 8.41. The maximum Gasteiger partial charge on any atom is 0.245 e. The highest BCUT2D eigenvalue weighted by atomic mass is 16.2. The van der Waals surface area contributed by atoms with Gasteiger partial charge in [-0.2, -0.15) is 4.98 Å². The molecule has 0 unspecified atom stereocenters. The Balaban J connectivity index is 2.10. The summed E-state index contributed by atoms with van der Waals surface area (Å²) in [6, 6.07) is 1.82. The van der Waals surface area contributed by atoms with Crippen molar-refractivity contribution in [3.63, 3.8) is 0 Å². The summed E-state index contributed by atoms with van der Waals surface area (Å²) < 4.78 is 0. The first-order chi connectivity index (χ1) is 11.7. The highest BCUT2D eigenvalue weighted by Gasteiger charge is 2.37. The molecule has 1 fully saturated rings. The van der Waals surface area contributed by atoms with E-state index in [4.69, 9.17) is 5.73 Å². The van der Waals surface area contributed by atoms with Crippen LogP contribution < -0.4 is 21.3 Å². The Labute approximate surface area is 148 Å². The summed E-state index contributed by atoms with van der Waals surface area (Å²) in [7, 11) is 0. The number of aromatic nitrogens is 2. The van der Waals surface area contributed by atoms with Crippen molar-refractivity contribution in [1.29, 1.82) is 0 Å². The molecule has 8 nitrogen and oxygen atoms in total. The number of amides is 2. The van der Waals surface area contributed by atoms with E-state index in [9.17, 15) is 9.59 Å². The summed E-state index contributed by atoms with van der Waals surface area (Å²) in [5.74, 6) is 0.918. The molecule has 8 heteroatoms. The van der Waals surface area contributed by atoms with Gasteiger partial charge in [-0.3, -0.25) is 9.59 Å². The fraction of sp³-hybridized carbons (Fsp3) is 0.647. The second kappa shape index (κ2) is 7.67. The molecule has 2 atom stereocenters. The highest BCUT2D eigenvalue weighted by Crippen LogP contribution is 2.26. The van der Waals surface area contributed by atoms with Crippen LogP contribution in [0.5, 0.6) is 0 Å². The van der Waals surface area contributed by atoms with Crippen LogP contribution in [0.15, 0.2) is 12.3 Å². The van der Waals surface area contributed by atoms with Crippen LogP contribution in [0.1, 0.15) is 40.5 Å². The highest BCUT2D eigenvalue weighted by molar-refractivity contribution is 5.90. The van der Waals surface area contributed by atoms with Crippen LogP contribution >= 0.6 is 0 Å². The third-order valence-electron chi connectivity index (χ3n) is 4.46. The van der Waals surface area contributed by atoms with E-state index in [2.05, 4.69) is 32.4 Å². The maximum absolute atomic E-state index is 12.6. The number of nitrogens with two attached hydrogens (primary N) is 1. The molecule has 0 saturated carbocycles. The van der Waals surface area contributed by atoms with Crippen molar-refractivity contribution in [2.24, 2.45) is 5.92 Å². The fourth-order valence-corrected chi connectivity index (χ4v) is 3.27. The molecule has 1 aromatic rings. The molecule has 2 heterocycles. The first kappa shape index (κ1) is 19.0. The van der Waals surface area contributed by atoms with Gasteiger partial charge in [0.05, 0.1) is 6.04 Å². The number of rotatable bonds is 6. The topological polar surface area (TPSA) is 113 Å². The number of carbonyl (C=O) groups is 2. The molecule has 138 valence electrons. The zero-order valence-corrected chi connectivity index (χ0v) is 15.4. The average Bonchev–Trinajstić information content (AvgIpc) is 2.89. The van der Waals surface area contributed by atoms with Crippen molar-refractivity contribution in [1.82, 2.24) is 20.6 Å². The van der Waals surface area contributed by atoms with Gasteiger partial charge in [0.25, 0.3) is 0 Å². The van der Waals surface area contributed by atoms with E-state index in [1.807, 2.05) is 6.07 Å². The Morgan fingerprint density at radius 3 is 2.72 bits per heavy atom. The Bertz CT molecular complexity index is 633. The minimum atomic E-state index is -0.949. The summed E-state index contributed by atoms with van der Waals surface area (Å²) >= 11 is 0. The summed E-state index contributed by atoms with van der Waals surface area (Å²) in [5, 5.41) is 5.79. The van der Waals surface area contributed by atoms with Crippen LogP contribution in [0, 0.1) is 5.92 Å². The van der Waals surface area contributed by atoms with Crippen molar-refractivity contribution in [3.05, 3.63) is 12.3 Å². The summed E-state index contributed by atoms with van der Waals surface area (Å²) in [4.78, 5) is 34.2. The summed E-state index contributed by atoms with van der Waals surface area (Å²) in [6.07, 6.45) is 3.67. The van der Waals surface area contributed by atoms with E-state index in [1.54, 1.807) is 20.0 Å². The Hall–Kier alpha value is -2.38. The van der Waals surface area contributed by atoms with Crippen molar-refractivity contribution in [2.75, 3.05) is 23.7 Å². The second-order valence-corrected chi connectivity index (χ2v) is 7.11. The van der Waals surface area contributed by atoms with E-state index in [-0.39, 0.29) is 23.8 Å². The number of nitrogens with zero attached hydrogens (tertiary/aromatic N) is 3. The lowest BCUT2D eigenvalue weighted by molar-refractivity contribution is -0.132. The molecule has 0 bridgehead atoms. The smallest absolute Gasteiger partial charge is 0.245 e. The van der Waals surface area contributed by atoms with Gasteiger partial charge in [-0.15, -0.1) is 0 Å². The molecule has 1 saturated heterocycles. The molecular weight excluding hydrogens is 320 g/mol. The Morgan fingerprint density at radius 2 is 2.12 bits per heavy atom. The Morgan fingerprint density at radius 1 is 1.40 bits per heavy atom.